The normalized spacial score (nSPS) is 11.5. The number of ether oxygens (including phenoxy) is 1. The lowest BCUT2D eigenvalue weighted by atomic mass is 10.3. The standard InChI is InChI=1S/C7H5F4NO/c1-13-5-2-4(8)3-12-6(5)7(9,10)11/h2-3H,1H3. The lowest BCUT2D eigenvalue weighted by molar-refractivity contribution is -0.142. The number of aromatic nitrogens is 1. The van der Waals surface area contributed by atoms with Crippen molar-refractivity contribution in [3.05, 3.63) is 23.8 Å². The molecule has 6 heteroatoms. The van der Waals surface area contributed by atoms with E-state index in [1.54, 1.807) is 0 Å². The Morgan fingerprint density at radius 1 is 1.38 bits per heavy atom. The van der Waals surface area contributed by atoms with Crippen molar-refractivity contribution in [2.75, 3.05) is 7.11 Å². The number of pyridine rings is 1. The van der Waals surface area contributed by atoms with Crippen LogP contribution in [0.5, 0.6) is 5.75 Å². The van der Waals surface area contributed by atoms with E-state index in [4.69, 9.17) is 0 Å². The maximum absolute atomic E-state index is 12.4. The Balaban J connectivity index is 3.22. The van der Waals surface area contributed by atoms with E-state index in [0.29, 0.717) is 12.3 Å². The van der Waals surface area contributed by atoms with Crippen LogP contribution in [-0.2, 0) is 6.18 Å². The number of hydrogen-bond donors (Lipinski definition) is 0. The molecule has 1 aromatic rings. The van der Waals surface area contributed by atoms with E-state index in [2.05, 4.69) is 9.72 Å². The third-order valence-corrected chi connectivity index (χ3v) is 1.31. The van der Waals surface area contributed by atoms with Crippen molar-refractivity contribution in [3.63, 3.8) is 0 Å². The van der Waals surface area contributed by atoms with Crippen molar-refractivity contribution >= 4 is 0 Å². The molecular weight excluding hydrogens is 190 g/mol. The monoisotopic (exact) mass is 195 g/mol. The molecule has 0 radical (unpaired) electrons. The predicted molar refractivity (Wildman–Crippen MR) is 35.7 cm³/mol. The first-order chi connectivity index (χ1) is 5.95. The van der Waals surface area contributed by atoms with Crippen molar-refractivity contribution in [2.45, 2.75) is 6.18 Å². The highest BCUT2D eigenvalue weighted by atomic mass is 19.4. The van der Waals surface area contributed by atoms with E-state index < -0.39 is 23.4 Å². The molecule has 0 aromatic carbocycles. The van der Waals surface area contributed by atoms with Gasteiger partial charge in [0.2, 0.25) is 0 Å². The van der Waals surface area contributed by atoms with Gasteiger partial charge in [-0.15, -0.1) is 0 Å². The summed E-state index contributed by atoms with van der Waals surface area (Å²) in [6, 6.07) is 0.635. The molecule has 0 saturated heterocycles. The van der Waals surface area contributed by atoms with E-state index in [-0.39, 0.29) is 0 Å². The highest BCUT2D eigenvalue weighted by Crippen LogP contribution is 2.34. The fraction of sp³-hybridized carbons (Fsp3) is 0.286. The molecule has 1 heterocycles. The van der Waals surface area contributed by atoms with Crippen LogP contribution in [0.25, 0.3) is 0 Å². The van der Waals surface area contributed by atoms with Crippen molar-refractivity contribution in [1.29, 1.82) is 0 Å². The van der Waals surface area contributed by atoms with Gasteiger partial charge in [-0.3, -0.25) is 0 Å². The molecule has 1 aromatic heterocycles. The summed E-state index contributed by atoms with van der Waals surface area (Å²) < 4.78 is 53.0. The summed E-state index contributed by atoms with van der Waals surface area (Å²) >= 11 is 0. The summed E-state index contributed by atoms with van der Waals surface area (Å²) in [5.41, 5.74) is -1.23. The Bertz CT molecular complexity index is 310. The van der Waals surface area contributed by atoms with Crippen molar-refractivity contribution in [2.24, 2.45) is 0 Å². The first-order valence-electron chi connectivity index (χ1n) is 3.22. The van der Waals surface area contributed by atoms with Gasteiger partial charge >= 0.3 is 6.18 Å². The van der Waals surface area contributed by atoms with Gasteiger partial charge < -0.3 is 4.74 Å². The molecule has 0 fully saturated rings. The van der Waals surface area contributed by atoms with Crippen molar-refractivity contribution in [3.8, 4) is 5.75 Å². The zero-order chi connectivity index (χ0) is 10.1. The average molecular weight is 195 g/mol. The van der Waals surface area contributed by atoms with Crippen LogP contribution in [0.4, 0.5) is 17.6 Å². The molecule has 13 heavy (non-hydrogen) atoms. The molecule has 1 rings (SSSR count). The quantitative estimate of drug-likeness (QED) is 0.641. The molecule has 0 atom stereocenters. The lowest BCUT2D eigenvalue weighted by Gasteiger charge is -2.09. The van der Waals surface area contributed by atoms with E-state index in [1.807, 2.05) is 0 Å². The number of alkyl halides is 3. The second kappa shape index (κ2) is 3.20. The van der Waals surface area contributed by atoms with E-state index in [1.165, 1.54) is 0 Å². The van der Waals surface area contributed by atoms with Crippen LogP contribution in [0.2, 0.25) is 0 Å². The molecule has 2 nitrogen and oxygen atoms in total. The second-order valence-corrected chi connectivity index (χ2v) is 2.20. The van der Waals surface area contributed by atoms with Crippen LogP contribution in [0.15, 0.2) is 12.3 Å². The summed E-state index contributed by atoms with van der Waals surface area (Å²) in [5, 5.41) is 0. The summed E-state index contributed by atoms with van der Waals surface area (Å²) in [5.74, 6) is -1.49. The van der Waals surface area contributed by atoms with Gasteiger partial charge in [-0.05, 0) is 0 Å². The molecular formula is C7H5F4NO. The molecule has 0 unspecified atom stereocenters. The fourth-order valence-electron chi connectivity index (χ4n) is 0.789. The van der Waals surface area contributed by atoms with Gasteiger partial charge in [0.1, 0.15) is 5.82 Å². The largest absolute Gasteiger partial charge is 0.494 e. The Labute approximate surface area is 71.2 Å². The minimum atomic E-state index is -4.63. The van der Waals surface area contributed by atoms with Gasteiger partial charge in [-0.1, -0.05) is 0 Å². The third kappa shape index (κ3) is 2.07. The zero-order valence-corrected chi connectivity index (χ0v) is 6.52. The van der Waals surface area contributed by atoms with Gasteiger partial charge in [0.25, 0.3) is 0 Å². The van der Waals surface area contributed by atoms with Crippen molar-refractivity contribution < 1.29 is 22.3 Å². The Hall–Kier alpha value is -1.33. The van der Waals surface area contributed by atoms with Gasteiger partial charge in [0.05, 0.1) is 13.3 Å². The molecule has 0 amide bonds. The molecule has 0 spiro atoms. The van der Waals surface area contributed by atoms with E-state index >= 15 is 0 Å². The SMILES string of the molecule is COc1cc(F)cnc1C(F)(F)F. The summed E-state index contributed by atoms with van der Waals surface area (Å²) in [6.45, 7) is 0. The Morgan fingerprint density at radius 2 is 2.00 bits per heavy atom. The third-order valence-electron chi connectivity index (χ3n) is 1.31. The summed E-state index contributed by atoms with van der Waals surface area (Å²) in [6.07, 6.45) is -4.13. The topological polar surface area (TPSA) is 22.1 Å². The van der Waals surface area contributed by atoms with E-state index in [9.17, 15) is 17.6 Å². The number of rotatable bonds is 1. The predicted octanol–water partition coefficient (Wildman–Crippen LogP) is 2.25. The molecule has 0 aliphatic heterocycles. The average Bonchev–Trinajstić information content (AvgIpc) is 2.01. The van der Waals surface area contributed by atoms with E-state index in [0.717, 1.165) is 7.11 Å². The number of nitrogens with zero attached hydrogens (tertiary/aromatic N) is 1. The number of halogens is 4. The molecule has 0 aliphatic carbocycles. The van der Waals surface area contributed by atoms with Crippen LogP contribution >= 0.6 is 0 Å². The van der Waals surface area contributed by atoms with Crippen molar-refractivity contribution in [1.82, 2.24) is 4.98 Å². The summed E-state index contributed by atoms with van der Waals surface area (Å²) in [7, 11) is 1.02. The van der Waals surface area contributed by atoms with Gasteiger partial charge in [-0.2, -0.15) is 13.2 Å². The molecule has 0 aliphatic rings. The second-order valence-electron chi connectivity index (χ2n) is 2.20. The minimum absolute atomic E-state index is 0.491. The minimum Gasteiger partial charge on any atom is -0.494 e. The highest BCUT2D eigenvalue weighted by Gasteiger charge is 2.36. The van der Waals surface area contributed by atoms with Crippen LogP contribution in [0, 0.1) is 5.82 Å². The summed E-state index contributed by atoms with van der Waals surface area (Å²) in [4.78, 5) is 2.90. The maximum atomic E-state index is 12.4. The molecule has 72 valence electrons. The van der Waals surface area contributed by atoms with Crippen LogP contribution in [0.3, 0.4) is 0 Å². The molecule has 0 bridgehead atoms. The lowest BCUT2D eigenvalue weighted by Crippen LogP contribution is -2.10. The highest BCUT2D eigenvalue weighted by molar-refractivity contribution is 5.29. The first kappa shape index (κ1) is 9.76. The fourth-order valence-corrected chi connectivity index (χ4v) is 0.789. The van der Waals surface area contributed by atoms with Gasteiger partial charge in [-0.25, -0.2) is 9.37 Å². The van der Waals surface area contributed by atoms with Crippen LogP contribution in [0.1, 0.15) is 5.69 Å². The van der Waals surface area contributed by atoms with Gasteiger partial charge in [0.15, 0.2) is 11.4 Å². The maximum Gasteiger partial charge on any atom is 0.437 e. The molecule has 0 N–H and O–H groups in total. The zero-order valence-electron chi connectivity index (χ0n) is 6.52. The smallest absolute Gasteiger partial charge is 0.437 e. The number of hydrogen-bond acceptors (Lipinski definition) is 2. The van der Waals surface area contributed by atoms with Crippen LogP contribution in [-0.4, -0.2) is 12.1 Å². The Kier molecular flexibility index (Phi) is 2.40. The first-order valence-corrected chi connectivity index (χ1v) is 3.22. The van der Waals surface area contributed by atoms with Gasteiger partial charge in [0, 0.05) is 6.07 Å². The number of methoxy groups -OCH3 is 1. The van der Waals surface area contributed by atoms with Crippen LogP contribution < -0.4 is 4.74 Å². The molecule has 0 saturated carbocycles. The Morgan fingerprint density at radius 3 is 2.46 bits per heavy atom.